The van der Waals surface area contributed by atoms with E-state index in [1.54, 1.807) is 31.1 Å². The summed E-state index contributed by atoms with van der Waals surface area (Å²) in [6, 6.07) is 6.21. The maximum absolute atomic E-state index is 13.2. The molecule has 2 aromatic rings. The smallest absolute Gasteiger partial charge is 0.224 e. The Morgan fingerprint density at radius 2 is 2.17 bits per heavy atom. The van der Waals surface area contributed by atoms with E-state index in [-0.39, 0.29) is 5.82 Å². The molecule has 0 unspecified atom stereocenters. The van der Waals surface area contributed by atoms with Crippen molar-refractivity contribution < 1.29 is 4.39 Å². The second-order valence-electron chi connectivity index (χ2n) is 3.65. The van der Waals surface area contributed by atoms with Crippen LogP contribution in [0.2, 0.25) is 5.02 Å². The van der Waals surface area contributed by atoms with E-state index in [1.165, 1.54) is 18.3 Å². The lowest BCUT2D eigenvalue weighted by atomic mass is 10.3. The van der Waals surface area contributed by atoms with E-state index in [0.717, 1.165) is 0 Å². The first kappa shape index (κ1) is 12.6. The number of hydrogen-bond donors (Lipinski definition) is 1. The number of rotatable bonds is 3. The van der Waals surface area contributed by atoms with E-state index in [1.807, 2.05) is 0 Å². The van der Waals surface area contributed by atoms with Gasteiger partial charge in [-0.15, -0.1) is 0 Å². The standard InChI is InChI=1S/C12H12ClFN4/c1-15-12-16-7-10(13)11(17-12)18(2)9-5-3-4-8(14)6-9/h3-7H,1-2H3,(H,15,16,17). The Morgan fingerprint density at radius 3 is 2.83 bits per heavy atom. The predicted molar refractivity (Wildman–Crippen MR) is 71.1 cm³/mol. The molecule has 4 nitrogen and oxygen atoms in total. The van der Waals surface area contributed by atoms with E-state index in [2.05, 4.69) is 15.3 Å². The van der Waals surface area contributed by atoms with Gasteiger partial charge in [0.2, 0.25) is 5.95 Å². The summed E-state index contributed by atoms with van der Waals surface area (Å²) in [5, 5.41) is 3.23. The Labute approximate surface area is 109 Å². The normalized spacial score (nSPS) is 10.2. The zero-order valence-electron chi connectivity index (χ0n) is 9.98. The van der Waals surface area contributed by atoms with E-state index in [4.69, 9.17) is 11.6 Å². The van der Waals surface area contributed by atoms with Gasteiger partial charge in [0.05, 0.1) is 6.20 Å². The van der Waals surface area contributed by atoms with Crippen LogP contribution in [0.1, 0.15) is 0 Å². The Bertz CT molecular complexity index is 562. The minimum absolute atomic E-state index is 0.307. The van der Waals surface area contributed by atoms with Crippen LogP contribution >= 0.6 is 11.6 Å². The Morgan fingerprint density at radius 1 is 1.39 bits per heavy atom. The van der Waals surface area contributed by atoms with Crippen LogP contribution in [0.25, 0.3) is 0 Å². The molecule has 0 aliphatic rings. The van der Waals surface area contributed by atoms with Crippen molar-refractivity contribution in [2.75, 3.05) is 24.3 Å². The molecule has 0 spiro atoms. The summed E-state index contributed by atoms with van der Waals surface area (Å²) >= 11 is 6.05. The van der Waals surface area contributed by atoms with Gasteiger partial charge in [0, 0.05) is 19.8 Å². The molecule has 0 bridgehead atoms. The van der Waals surface area contributed by atoms with E-state index < -0.39 is 0 Å². The fourth-order valence-electron chi connectivity index (χ4n) is 1.52. The molecule has 94 valence electrons. The topological polar surface area (TPSA) is 41.1 Å². The lowest BCUT2D eigenvalue weighted by molar-refractivity contribution is 0.628. The minimum Gasteiger partial charge on any atom is -0.357 e. The molecule has 0 atom stereocenters. The van der Waals surface area contributed by atoms with Crippen LogP contribution in [-0.4, -0.2) is 24.1 Å². The van der Waals surface area contributed by atoms with Crippen molar-refractivity contribution in [2.24, 2.45) is 0 Å². The molecule has 0 radical (unpaired) electrons. The third-order valence-corrected chi connectivity index (χ3v) is 2.73. The minimum atomic E-state index is -0.307. The fraction of sp³-hybridized carbons (Fsp3) is 0.167. The summed E-state index contributed by atoms with van der Waals surface area (Å²) in [6.07, 6.45) is 1.51. The molecule has 18 heavy (non-hydrogen) atoms. The number of halogens is 2. The van der Waals surface area contributed by atoms with Gasteiger partial charge in [-0.1, -0.05) is 17.7 Å². The Balaban J connectivity index is 2.41. The average Bonchev–Trinajstić information content (AvgIpc) is 2.38. The SMILES string of the molecule is CNc1ncc(Cl)c(N(C)c2cccc(F)c2)n1. The number of anilines is 3. The fourth-order valence-corrected chi connectivity index (χ4v) is 1.74. The van der Waals surface area contributed by atoms with E-state index >= 15 is 0 Å². The summed E-state index contributed by atoms with van der Waals surface area (Å²) in [5.74, 6) is 0.664. The van der Waals surface area contributed by atoms with Crippen LogP contribution in [0.15, 0.2) is 30.5 Å². The van der Waals surface area contributed by atoms with Crippen LogP contribution in [-0.2, 0) is 0 Å². The van der Waals surface area contributed by atoms with Gasteiger partial charge in [0.1, 0.15) is 10.8 Å². The molecule has 1 N–H and O–H groups in total. The molecule has 2 rings (SSSR count). The van der Waals surface area contributed by atoms with Gasteiger partial charge in [-0.05, 0) is 18.2 Å². The van der Waals surface area contributed by atoms with Crippen molar-refractivity contribution in [2.45, 2.75) is 0 Å². The van der Waals surface area contributed by atoms with Gasteiger partial charge < -0.3 is 10.2 Å². The van der Waals surface area contributed by atoms with Crippen molar-refractivity contribution in [3.8, 4) is 0 Å². The molecule has 0 saturated heterocycles. The molecule has 1 aromatic heterocycles. The number of nitrogens with one attached hydrogen (secondary N) is 1. The van der Waals surface area contributed by atoms with Crippen molar-refractivity contribution in [3.05, 3.63) is 41.3 Å². The second-order valence-corrected chi connectivity index (χ2v) is 4.06. The first-order valence-electron chi connectivity index (χ1n) is 5.31. The maximum Gasteiger partial charge on any atom is 0.224 e. The maximum atomic E-state index is 13.2. The van der Waals surface area contributed by atoms with Gasteiger partial charge in [0.25, 0.3) is 0 Å². The summed E-state index contributed by atoms with van der Waals surface area (Å²) in [4.78, 5) is 9.94. The molecule has 1 heterocycles. The van der Waals surface area contributed by atoms with Crippen LogP contribution < -0.4 is 10.2 Å². The van der Waals surface area contributed by atoms with E-state index in [9.17, 15) is 4.39 Å². The lowest BCUT2D eigenvalue weighted by Gasteiger charge is -2.19. The summed E-state index contributed by atoms with van der Waals surface area (Å²) < 4.78 is 13.2. The third-order valence-electron chi connectivity index (χ3n) is 2.46. The highest BCUT2D eigenvalue weighted by Gasteiger charge is 2.12. The molecular weight excluding hydrogens is 255 g/mol. The highest BCUT2D eigenvalue weighted by atomic mass is 35.5. The number of benzene rings is 1. The van der Waals surface area contributed by atoms with Crippen LogP contribution in [0.3, 0.4) is 0 Å². The second kappa shape index (κ2) is 5.18. The number of nitrogens with zero attached hydrogens (tertiary/aromatic N) is 3. The first-order chi connectivity index (χ1) is 8.61. The third kappa shape index (κ3) is 2.51. The summed E-state index contributed by atoms with van der Waals surface area (Å²) in [5.41, 5.74) is 0.664. The molecule has 0 fully saturated rings. The van der Waals surface area contributed by atoms with Crippen molar-refractivity contribution in [1.82, 2.24) is 9.97 Å². The molecule has 6 heteroatoms. The van der Waals surface area contributed by atoms with Crippen molar-refractivity contribution in [1.29, 1.82) is 0 Å². The molecule has 0 aliphatic heterocycles. The van der Waals surface area contributed by atoms with Gasteiger partial charge in [-0.2, -0.15) is 4.98 Å². The van der Waals surface area contributed by atoms with Gasteiger partial charge in [0.15, 0.2) is 5.82 Å². The zero-order chi connectivity index (χ0) is 13.1. The van der Waals surface area contributed by atoms with Crippen molar-refractivity contribution >= 4 is 29.1 Å². The van der Waals surface area contributed by atoms with Gasteiger partial charge in [-0.3, -0.25) is 0 Å². The number of hydrogen-bond acceptors (Lipinski definition) is 4. The van der Waals surface area contributed by atoms with Gasteiger partial charge in [-0.25, -0.2) is 9.37 Å². The summed E-state index contributed by atoms with van der Waals surface area (Å²) in [7, 11) is 3.48. The highest BCUT2D eigenvalue weighted by molar-refractivity contribution is 6.33. The zero-order valence-corrected chi connectivity index (χ0v) is 10.7. The molecule has 0 amide bonds. The monoisotopic (exact) mass is 266 g/mol. The van der Waals surface area contributed by atoms with Crippen LogP contribution in [0.4, 0.5) is 21.8 Å². The van der Waals surface area contributed by atoms with Crippen LogP contribution in [0, 0.1) is 5.82 Å². The van der Waals surface area contributed by atoms with Gasteiger partial charge >= 0.3 is 0 Å². The Kier molecular flexibility index (Phi) is 3.62. The average molecular weight is 267 g/mol. The first-order valence-corrected chi connectivity index (χ1v) is 5.69. The number of aromatic nitrogens is 2. The highest BCUT2D eigenvalue weighted by Crippen LogP contribution is 2.28. The van der Waals surface area contributed by atoms with Crippen LogP contribution in [0.5, 0.6) is 0 Å². The van der Waals surface area contributed by atoms with Crippen molar-refractivity contribution in [3.63, 3.8) is 0 Å². The molecule has 0 saturated carbocycles. The molecular formula is C12H12ClFN4. The van der Waals surface area contributed by atoms with E-state index in [0.29, 0.717) is 22.5 Å². The lowest BCUT2D eigenvalue weighted by Crippen LogP contribution is -2.13. The quantitative estimate of drug-likeness (QED) is 0.927. The molecule has 0 aliphatic carbocycles. The largest absolute Gasteiger partial charge is 0.357 e. The Hall–Kier alpha value is -1.88. The predicted octanol–water partition coefficient (Wildman–Crippen LogP) is 3.08. The molecule has 1 aromatic carbocycles. The summed E-state index contributed by atoms with van der Waals surface area (Å²) in [6.45, 7) is 0.